The molecule has 2 aromatic rings. The number of nitrogens with zero attached hydrogens (tertiary/aromatic N) is 2. The summed E-state index contributed by atoms with van der Waals surface area (Å²) >= 11 is 7.35. The molecule has 1 heterocycles. The van der Waals surface area contributed by atoms with Crippen LogP contribution in [0.1, 0.15) is 29.1 Å². The molecule has 17 heavy (non-hydrogen) atoms. The van der Waals surface area contributed by atoms with E-state index in [0.29, 0.717) is 5.02 Å². The summed E-state index contributed by atoms with van der Waals surface area (Å²) in [6, 6.07) is 7.51. The van der Waals surface area contributed by atoms with Crippen molar-refractivity contribution in [3.05, 3.63) is 45.4 Å². The van der Waals surface area contributed by atoms with Crippen molar-refractivity contribution < 1.29 is 0 Å². The number of aromatic nitrogens is 2. The Kier molecular flexibility index (Phi) is 4.06. The fraction of sp³-hybridized carbons (Fsp3) is 0.273. The number of nitrogens with one attached hydrogen (secondary N) is 1. The van der Waals surface area contributed by atoms with Gasteiger partial charge in [-0.25, -0.2) is 5.43 Å². The minimum atomic E-state index is -0.108. The summed E-state index contributed by atoms with van der Waals surface area (Å²) in [7, 11) is 0. The molecule has 3 N–H and O–H groups in total. The molecule has 90 valence electrons. The molecule has 1 aromatic heterocycles. The summed E-state index contributed by atoms with van der Waals surface area (Å²) in [6.45, 7) is 2.05. The first-order valence-corrected chi connectivity index (χ1v) is 6.44. The van der Waals surface area contributed by atoms with E-state index in [4.69, 9.17) is 17.4 Å². The topological polar surface area (TPSA) is 63.8 Å². The summed E-state index contributed by atoms with van der Waals surface area (Å²) in [5, 5.41) is 4.78. The Hall–Kier alpha value is -1.01. The number of hydrogen-bond acceptors (Lipinski definition) is 5. The quantitative estimate of drug-likeness (QED) is 0.660. The lowest BCUT2D eigenvalue weighted by Gasteiger charge is -2.15. The van der Waals surface area contributed by atoms with E-state index in [2.05, 4.69) is 15.0 Å². The largest absolute Gasteiger partial charge is 0.271 e. The third-order valence-electron chi connectivity index (χ3n) is 2.53. The first-order chi connectivity index (χ1) is 8.26. The van der Waals surface area contributed by atoms with Crippen LogP contribution in [0.4, 0.5) is 0 Å². The maximum atomic E-state index is 5.98. The molecule has 2 rings (SSSR count). The highest BCUT2D eigenvalue weighted by Gasteiger charge is 2.19. The van der Waals surface area contributed by atoms with Gasteiger partial charge in [0.1, 0.15) is 0 Å². The Morgan fingerprint density at radius 2 is 2.35 bits per heavy atom. The van der Waals surface area contributed by atoms with Crippen molar-refractivity contribution in [2.45, 2.75) is 19.4 Å². The molecular formula is C11H13ClN4S. The second-order valence-corrected chi connectivity index (χ2v) is 4.81. The molecule has 1 unspecified atom stereocenters. The van der Waals surface area contributed by atoms with Crippen molar-refractivity contribution in [1.82, 2.24) is 15.0 Å². The van der Waals surface area contributed by atoms with Crippen LogP contribution in [-0.2, 0) is 6.42 Å². The maximum absolute atomic E-state index is 5.98. The molecule has 0 spiro atoms. The van der Waals surface area contributed by atoms with Gasteiger partial charge in [0.15, 0.2) is 0 Å². The third-order valence-corrected chi connectivity index (χ3v) is 3.60. The number of nitrogens with two attached hydrogens (primary N) is 1. The maximum Gasteiger partial charge on any atom is 0.0838 e. The molecule has 0 saturated heterocycles. The number of hydrazine groups is 1. The van der Waals surface area contributed by atoms with Crippen molar-refractivity contribution in [2.75, 3.05) is 0 Å². The van der Waals surface area contributed by atoms with Crippen LogP contribution in [0.15, 0.2) is 24.3 Å². The molecule has 0 aliphatic heterocycles. The van der Waals surface area contributed by atoms with E-state index in [1.54, 1.807) is 0 Å². The molecule has 0 aliphatic rings. The minimum Gasteiger partial charge on any atom is -0.271 e. The van der Waals surface area contributed by atoms with Crippen LogP contribution in [0.3, 0.4) is 0 Å². The predicted molar refractivity (Wildman–Crippen MR) is 69.9 cm³/mol. The Morgan fingerprint density at radius 3 is 3.00 bits per heavy atom. The van der Waals surface area contributed by atoms with Crippen molar-refractivity contribution in [2.24, 2.45) is 5.84 Å². The first kappa shape index (κ1) is 12.4. The zero-order valence-corrected chi connectivity index (χ0v) is 10.9. The van der Waals surface area contributed by atoms with E-state index in [1.165, 1.54) is 11.5 Å². The fourth-order valence-corrected chi connectivity index (χ4v) is 2.72. The molecule has 0 radical (unpaired) electrons. The second-order valence-electron chi connectivity index (χ2n) is 3.59. The van der Waals surface area contributed by atoms with Gasteiger partial charge in [0, 0.05) is 5.02 Å². The molecule has 0 aliphatic carbocycles. The Balaban J connectivity index is 2.40. The van der Waals surface area contributed by atoms with Crippen LogP contribution in [0, 0.1) is 0 Å². The average molecular weight is 269 g/mol. The molecule has 0 bridgehead atoms. The summed E-state index contributed by atoms with van der Waals surface area (Å²) in [5.41, 5.74) is 4.78. The van der Waals surface area contributed by atoms with Gasteiger partial charge in [-0.3, -0.25) is 5.84 Å². The van der Waals surface area contributed by atoms with E-state index < -0.39 is 0 Å². The summed E-state index contributed by atoms with van der Waals surface area (Å²) in [4.78, 5) is 1.04. The zero-order valence-electron chi connectivity index (χ0n) is 9.35. The van der Waals surface area contributed by atoms with Gasteiger partial charge in [-0.05, 0) is 35.6 Å². The van der Waals surface area contributed by atoms with E-state index >= 15 is 0 Å². The van der Waals surface area contributed by atoms with Crippen molar-refractivity contribution >= 4 is 23.1 Å². The molecular weight excluding hydrogens is 256 g/mol. The Bertz CT molecular complexity index is 500. The Labute approximate surface area is 109 Å². The lowest BCUT2D eigenvalue weighted by molar-refractivity contribution is 0.639. The van der Waals surface area contributed by atoms with Crippen molar-refractivity contribution in [3.63, 3.8) is 0 Å². The second kappa shape index (κ2) is 5.55. The summed E-state index contributed by atoms with van der Waals surface area (Å²) in [5.74, 6) is 5.63. The van der Waals surface area contributed by atoms with Gasteiger partial charge in [0.05, 0.1) is 16.6 Å². The van der Waals surface area contributed by atoms with Gasteiger partial charge in [0.25, 0.3) is 0 Å². The molecule has 4 nitrogen and oxygen atoms in total. The third kappa shape index (κ3) is 2.63. The molecule has 6 heteroatoms. The first-order valence-electron chi connectivity index (χ1n) is 5.29. The lowest BCUT2D eigenvalue weighted by atomic mass is 10.0. The fourth-order valence-electron chi connectivity index (χ4n) is 1.69. The minimum absolute atomic E-state index is 0.108. The number of hydrogen-bond donors (Lipinski definition) is 2. The molecule has 1 aromatic carbocycles. The van der Waals surface area contributed by atoms with Gasteiger partial charge in [-0.15, -0.1) is 5.10 Å². The number of halogens is 1. The van der Waals surface area contributed by atoms with Crippen LogP contribution >= 0.6 is 23.1 Å². The van der Waals surface area contributed by atoms with E-state index in [0.717, 1.165) is 22.6 Å². The van der Waals surface area contributed by atoms with Gasteiger partial charge in [-0.1, -0.05) is 35.1 Å². The summed E-state index contributed by atoms with van der Waals surface area (Å²) < 4.78 is 3.97. The van der Waals surface area contributed by atoms with E-state index in [-0.39, 0.29) is 6.04 Å². The molecule has 0 saturated carbocycles. The monoisotopic (exact) mass is 268 g/mol. The SMILES string of the molecule is CCc1nnsc1C(NN)c1cccc(Cl)c1. The van der Waals surface area contributed by atoms with Crippen molar-refractivity contribution in [3.8, 4) is 0 Å². The van der Waals surface area contributed by atoms with Crippen molar-refractivity contribution in [1.29, 1.82) is 0 Å². The van der Waals surface area contributed by atoms with Crippen LogP contribution in [0.25, 0.3) is 0 Å². The summed E-state index contributed by atoms with van der Waals surface area (Å²) in [6.07, 6.45) is 0.838. The highest BCUT2D eigenvalue weighted by Crippen LogP contribution is 2.28. The Morgan fingerprint density at radius 1 is 1.53 bits per heavy atom. The lowest BCUT2D eigenvalue weighted by Crippen LogP contribution is -2.28. The molecule has 0 amide bonds. The predicted octanol–water partition coefficient (Wildman–Crippen LogP) is 2.31. The van der Waals surface area contributed by atoms with E-state index in [9.17, 15) is 0 Å². The highest BCUT2D eigenvalue weighted by molar-refractivity contribution is 7.05. The molecule has 1 atom stereocenters. The number of benzene rings is 1. The van der Waals surface area contributed by atoms with Crippen LogP contribution in [0.5, 0.6) is 0 Å². The smallest absolute Gasteiger partial charge is 0.0838 e. The van der Waals surface area contributed by atoms with Crippen LogP contribution in [-0.4, -0.2) is 9.59 Å². The number of aryl methyl sites for hydroxylation is 1. The number of rotatable bonds is 4. The van der Waals surface area contributed by atoms with E-state index in [1.807, 2.05) is 31.2 Å². The highest BCUT2D eigenvalue weighted by atomic mass is 35.5. The average Bonchev–Trinajstić information content (AvgIpc) is 2.78. The normalized spacial score (nSPS) is 12.6. The van der Waals surface area contributed by atoms with Gasteiger partial charge >= 0.3 is 0 Å². The van der Waals surface area contributed by atoms with Crippen LogP contribution in [0.2, 0.25) is 5.02 Å². The standard InChI is InChI=1S/C11H13ClN4S/c1-2-9-11(17-16-15-9)10(14-13)7-4-3-5-8(12)6-7/h3-6,10,14H,2,13H2,1H3. The van der Waals surface area contributed by atoms with Gasteiger partial charge in [-0.2, -0.15) is 0 Å². The zero-order chi connectivity index (χ0) is 12.3. The van der Waals surface area contributed by atoms with Gasteiger partial charge in [0.2, 0.25) is 0 Å². The molecule has 0 fully saturated rings. The van der Waals surface area contributed by atoms with Gasteiger partial charge < -0.3 is 0 Å². The van der Waals surface area contributed by atoms with Crippen LogP contribution < -0.4 is 11.3 Å².